The Bertz CT molecular complexity index is 1080. The van der Waals surface area contributed by atoms with Gasteiger partial charge in [-0.05, 0) is 37.1 Å². The average molecular weight is 481 g/mol. The van der Waals surface area contributed by atoms with E-state index in [1.165, 1.54) is 11.8 Å². The zero-order valence-corrected chi connectivity index (χ0v) is 19.9. The third kappa shape index (κ3) is 6.00. The first-order chi connectivity index (χ1) is 16.7. The molecule has 0 aliphatic carbocycles. The largest absolute Gasteiger partial charge is 0.383 e. The van der Waals surface area contributed by atoms with Gasteiger partial charge >= 0.3 is 0 Å². The van der Waals surface area contributed by atoms with Crippen molar-refractivity contribution < 1.29 is 14.3 Å². The molecule has 2 aromatic heterocycles. The van der Waals surface area contributed by atoms with E-state index in [0.29, 0.717) is 44.2 Å². The Morgan fingerprint density at radius 3 is 2.53 bits per heavy atom. The number of hydrogen-bond acceptors (Lipinski definition) is 7. The minimum atomic E-state index is -0.0861. The normalized spacial score (nSPS) is 14.2. The van der Waals surface area contributed by atoms with Gasteiger partial charge in [0.2, 0.25) is 11.8 Å². The summed E-state index contributed by atoms with van der Waals surface area (Å²) < 4.78 is 7.21. The first-order valence-electron chi connectivity index (χ1n) is 11.2. The summed E-state index contributed by atoms with van der Waals surface area (Å²) in [6.45, 7) is 2.24. The van der Waals surface area contributed by atoms with E-state index in [4.69, 9.17) is 4.74 Å². The summed E-state index contributed by atoms with van der Waals surface area (Å²) >= 11 is 1.37. The van der Waals surface area contributed by atoms with E-state index in [9.17, 15) is 9.59 Å². The van der Waals surface area contributed by atoms with E-state index in [2.05, 4.69) is 20.5 Å². The fourth-order valence-electron chi connectivity index (χ4n) is 3.87. The van der Waals surface area contributed by atoms with Gasteiger partial charge in [0, 0.05) is 49.8 Å². The SMILES string of the molecule is COCCn1c(SCC(=O)N2CCC(C(=O)Nc3ccccc3)CC2)nnc1-c1ccncc1. The second-order valence-corrected chi connectivity index (χ2v) is 8.93. The Morgan fingerprint density at radius 2 is 1.82 bits per heavy atom. The van der Waals surface area contributed by atoms with Gasteiger partial charge in [0.15, 0.2) is 11.0 Å². The number of para-hydroxylation sites is 1. The Morgan fingerprint density at radius 1 is 1.09 bits per heavy atom. The maximum Gasteiger partial charge on any atom is 0.233 e. The Kier molecular flexibility index (Phi) is 8.26. The molecule has 178 valence electrons. The Labute approximate surface area is 202 Å². The van der Waals surface area contributed by atoms with Crippen LogP contribution >= 0.6 is 11.8 Å². The standard InChI is InChI=1S/C24H28N6O3S/c1-33-16-15-30-22(18-7-11-25-12-8-18)27-28-24(30)34-17-21(31)29-13-9-19(10-14-29)23(32)26-20-5-3-2-4-6-20/h2-8,11-12,19H,9-10,13-17H2,1H3,(H,26,32). The van der Waals surface area contributed by atoms with Gasteiger partial charge in [0.25, 0.3) is 0 Å². The van der Waals surface area contributed by atoms with Crippen molar-refractivity contribution in [3.63, 3.8) is 0 Å². The molecule has 1 aromatic carbocycles. The van der Waals surface area contributed by atoms with Crippen LogP contribution in [0.5, 0.6) is 0 Å². The number of nitrogens with zero attached hydrogens (tertiary/aromatic N) is 5. The van der Waals surface area contributed by atoms with Crippen molar-refractivity contribution in [2.75, 3.05) is 37.9 Å². The number of aromatic nitrogens is 4. The van der Waals surface area contributed by atoms with E-state index >= 15 is 0 Å². The van der Waals surface area contributed by atoms with Crippen LogP contribution in [0.25, 0.3) is 11.4 Å². The van der Waals surface area contributed by atoms with Crippen molar-refractivity contribution in [2.45, 2.75) is 24.5 Å². The van der Waals surface area contributed by atoms with Crippen LogP contribution in [-0.4, -0.2) is 69.0 Å². The highest BCUT2D eigenvalue weighted by molar-refractivity contribution is 7.99. The molecule has 3 aromatic rings. The third-order valence-electron chi connectivity index (χ3n) is 5.76. The molecule has 3 heterocycles. The van der Waals surface area contributed by atoms with Gasteiger partial charge in [-0.1, -0.05) is 30.0 Å². The lowest BCUT2D eigenvalue weighted by molar-refractivity contribution is -0.132. The lowest BCUT2D eigenvalue weighted by atomic mass is 9.96. The summed E-state index contributed by atoms with van der Waals surface area (Å²) in [5, 5.41) is 12.3. The number of benzene rings is 1. The first-order valence-corrected chi connectivity index (χ1v) is 12.2. The Balaban J connectivity index is 1.31. The van der Waals surface area contributed by atoms with Gasteiger partial charge in [-0.15, -0.1) is 10.2 Å². The molecule has 1 N–H and O–H groups in total. The lowest BCUT2D eigenvalue weighted by Gasteiger charge is -2.31. The predicted molar refractivity (Wildman–Crippen MR) is 130 cm³/mol. The smallest absolute Gasteiger partial charge is 0.233 e. The number of anilines is 1. The number of pyridine rings is 1. The monoisotopic (exact) mass is 480 g/mol. The molecule has 34 heavy (non-hydrogen) atoms. The van der Waals surface area contributed by atoms with E-state index in [-0.39, 0.29) is 23.5 Å². The van der Waals surface area contributed by atoms with Crippen molar-refractivity contribution >= 4 is 29.3 Å². The number of methoxy groups -OCH3 is 1. The zero-order chi connectivity index (χ0) is 23.8. The van der Waals surface area contributed by atoms with Crippen LogP contribution in [0.3, 0.4) is 0 Å². The molecule has 1 fully saturated rings. The molecule has 4 rings (SSSR count). The molecule has 0 spiro atoms. The van der Waals surface area contributed by atoms with Crippen molar-refractivity contribution in [1.82, 2.24) is 24.6 Å². The van der Waals surface area contributed by atoms with Crippen molar-refractivity contribution in [1.29, 1.82) is 0 Å². The predicted octanol–water partition coefficient (Wildman–Crippen LogP) is 2.96. The summed E-state index contributed by atoms with van der Waals surface area (Å²) in [6, 6.07) is 13.2. The zero-order valence-electron chi connectivity index (χ0n) is 19.1. The molecule has 2 amide bonds. The minimum Gasteiger partial charge on any atom is -0.383 e. The van der Waals surface area contributed by atoms with Crippen molar-refractivity contribution in [3.05, 3.63) is 54.9 Å². The number of ether oxygens (including phenoxy) is 1. The highest BCUT2D eigenvalue weighted by Gasteiger charge is 2.27. The van der Waals surface area contributed by atoms with E-state index in [0.717, 1.165) is 17.1 Å². The molecular formula is C24H28N6O3S. The molecule has 1 aliphatic heterocycles. The van der Waals surface area contributed by atoms with Crippen LogP contribution in [0.2, 0.25) is 0 Å². The van der Waals surface area contributed by atoms with Crippen LogP contribution in [0.15, 0.2) is 60.0 Å². The maximum atomic E-state index is 12.9. The van der Waals surface area contributed by atoms with Gasteiger partial charge in [-0.2, -0.15) is 0 Å². The van der Waals surface area contributed by atoms with Crippen LogP contribution < -0.4 is 5.32 Å². The summed E-state index contributed by atoms with van der Waals surface area (Å²) in [7, 11) is 1.65. The number of piperidine rings is 1. The van der Waals surface area contributed by atoms with Crippen LogP contribution in [0.1, 0.15) is 12.8 Å². The third-order valence-corrected chi connectivity index (χ3v) is 6.71. The van der Waals surface area contributed by atoms with E-state index in [1.807, 2.05) is 51.9 Å². The molecule has 0 atom stereocenters. The molecule has 0 radical (unpaired) electrons. The maximum absolute atomic E-state index is 12.9. The van der Waals surface area contributed by atoms with Gasteiger partial charge in [-0.3, -0.25) is 19.1 Å². The molecule has 10 heteroatoms. The van der Waals surface area contributed by atoms with Crippen LogP contribution in [-0.2, 0) is 20.9 Å². The average Bonchev–Trinajstić information content (AvgIpc) is 3.29. The fraction of sp³-hybridized carbons (Fsp3) is 0.375. The summed E-state index contributed by atoms with van der Waals surface area (Å²) in [5.41, 5.74) is 1.71. The number of hydrogen-bond donors (Lipinski definition) is 1. The van der Waals surface area contributed by atoms with Crippen molar-refractivity contribution in [2.24, 2.45) is 5.92 Å². The van der Waals surface area contributed by atoms with Gasteiger partial charge in [0.05, 0.1) is 18.9 Å². The highest BCUT2D eigenvalue weighted by atomic mass is 32.2. The topological polar surface area (TPSA) is 102 Å². The molecular weight excluding hydrogens is 452 g/mol. The van der Waals surface area contributed by atoms with Gasteiger partial charge in [-0.25, -0.2) is 0 Å². The number of likely N-dealkylation sites (tertiary alicyclic amines) is 1. The van der Waals surface area contributed by atoms with E-state index in [1.54, 1.807) is 19.5 Å². The fourth-order valence-corrected chi connectivity index (χ4v) is 4.74. The Hall–Kier alpha value is -3.24. The molecule has 0 unspecified atom stereocenters. The highest BCUT2D eigenvalue weighted by Crippen LogP contribution is 2.25. The lowest BCUT2D eigenvalue weighted by Crippen LogP contribution is -2.42. The molecule has 1 saturated heterocycles. The number of carbonyl (C=O) groups excluding carboxylic acids is 2. The second kappa shape index (κ2) is 11.8. The second-order valence-electron chi connectivity index (χ2n) is 7.99. The number of thioether (sulfide) groups is 1. The minimum absolute atomic E-state index is 0.0163. The first kappa shape index (κ1) is 23.9. The molecule has 9 nitrogen and oxygen atoms in total. The van der Waals surface area contributed by atoms with Gasteiger partial charge < -0.3 is 15.0 Å². The number of carbonyl (C=O) groups is 2. The molecule has 0 saturated carbocycles. The number of nitrogens with one attached hydrogen (secondary N) is 1. The molecule has 0 bridgehead atoms. The van der Waals surface area contributed by atoms with Crippen molar-refractivity contribution in [3.8, 4) is 11.4 Å². The van der Waals surface area contributed by atoms with Crippen LogP contribution in [0, 0.1) is 5.92 Å². The number of rotatable bonds is 9. The van der Waals surface area contributed by atoms with Crippen LogP contribution in [0.4, 0.5) is 5.69 Å². The number of amides is 2. The van der Waals surface area contributed by atoms with E-state index < -0.39 is 0 Å². The summed E-state index contributed by atoms with van der Waals surface area (Å²) in [5.74, 6) is 0.959. The molecule has 1 aliphatic rings. The van der Waals surface area contributed by atoms with Gasteiger partial charge in [0.1, 0.15) is 0 Å². The summed E-state index contributed by atoms with van der Waals surface area (Å²) in [4.78, 5) is 31.3. The quantitative estimate of drug-likeness (QED) is 0.470. The summed E-state index contributed by atoms with van der Waals surface area (Å²) in [6.07, 6.45) is 4.74.